The number of ether oxygens (including phenoxy) is 1. The molecule has 0 radical (unpaired) electrons. The topological polar surface area (TPSA) is 124 Å². The number of hydrogen-bond donors (Lipinski definition) is 3. The third-order valence-corrected chi connectivity index (χ3v) is 7.29. The summed E-state index contributed by atoms with van der Waals surface area (Å²) in [5, 5.41) is 6.08. The Balaban J connectivity index is 1.39. The van der Waals surface area contributed by atoms with Crippen LogP contribution in [0, 0.1) is 5.82 Å². The first-order valence-corrected chi connectivity index (χ1v) is 12.4. The summed E-state index contributed by atoms with van der Waals surface area (Å²) >= 11 is 1.44. The number of benzene rings is 1. The molecule has 9 nitrogen and oxygen atoms in total. The largest absolute Gasteiger partial charge is 0.453 e. The molecule has 3 aromatic heterocycles. The summed E-state index contributed by atoms with van der Waals surface area (Å²) in [4.78, 5) is 34.6. The van der Waals surface area contributed by atoms with Gasteiger partial charge >= 0.3 is 0 Å². The van der Waals surface area contributed by atoms with Crippen LogP contribution in [0.15, 0.2) is 48.9 Å². The number of piperidine rings is 1. The SMILES string of the molecule is Cn1ccnc1-c1cc2nccc(Oc3ccc(C(C(N)=O)C(=O)NC4CCNCC4)cc3F)c2s1. The predicted molar refractivity (Wildman–Crippen MR) is 134 cm³/mol. The van der Waals surface area contributed by atoms with Crippen LogP contribution in [0.5, 0.6) is 11.5 Å². The van der Waals surface area contributed by atoms with Gasteiger partial charge in [-0.25, -0.2) is 9.37 Å². The minimum atomic E-state index is -1.30. The number of imidazole rings is 1. The molecule has 1 aliphatic rings. The molecule has 4 N–H and O–H groups in total. The van der Waals surface area contributed by atoms with E-state index in [0.29, 0.717) is 11.3 Å². The molecule has 5 rings (SSSR count). The molecule has 1 fully saturated rings. The Morgan fingerprint density at radius 2 is 2.00 bits per heavy atom. The number of rotatable bonds is 7. The van der Waals surface area contributed by atoms with E-state index in [1.807, 2.05) is 23.9 Å². The first-order valence-electron chi connectivity index (χ1n) is 11.5. The molecule has 36 heavy (non-hydrogen) atoms. The van der Waals surface area contributed by atoms with Crippen molar-refractivity contribution >= 4 is 33.4 Å². The fraction of sp³-hybridized carbons (Fsp3) is 0.280. The normalized spacial score (nSPS) is 15.1. The second-order valence-electron chi connectivity index (χ2n) is 8.66. The number of halogens is 1. The minimum Gasteiger partial charge on any atom is -0.453 e. The summed E-state index contributed by atoms with van der Waals surface area (Å²) in [5.74, 6) is -2.19. The first kappa shape index (κ1) is 23.9. The van der Waals surface area contributed by atoms with Gasteiger partial charge in [-0.05, 0) is 49.7 Å². The summed E-state index contributed by atoms with van der Waals surface area (Å²) in [6, 6.07) is 7.53. The van der Waals surface area contributed by atoms with Gasteiger partial charge in [-0.2, -0.15) is 0 Å². The molecule has 1 unspecified atom stereocenters. The van der Waals surface area contributed by atoms with Crippen LogP contribution in [0.3, 0.4) is 0 Å². The maximum Gasteiger partial charge on any atom is 0.237 e. The van der Waals surface area contributed by atoms with Gasteiger partial charge in [-0.1, -0.05) is 6.07 Å². The molecule has 4 heterocycles. The van der Waals surface area contributed by atoms with Crippen LogP contribution >= 0.6 is 11.3 Å². The number of nitrogens with one attached hydrogen (secondary N) is 2. The van der Waals surface area contributed by atoms with Crippen LogP contribution < -0.4 is 21.1 Å². The third-order valence-electron chi connectivity index (χ3n) is 6.16. The van der Waals surface area contributed by atoms with Crippen LogP contribution in [0.25, 0.3) is 20.9 Å². The highest BCUT2D eigenvalue weighted by atomic mass is 32.1. The number of nitrogens with two attached hydrogens (primary N) is 1. The number of fused-ring (bicyclic) bond motifs is 1. The van der Waals surface area contributed by atoms with Crippen LogP contribution in [0.4, 0.5) is 4.39 Å². The smallest absolute Gasteiger partial charge is 0.237 e. The zero-order valence-electron chi connectivity index (χ0n) is 19.5. The van der Waals surface area contributed by atoms with Gasteiger partial charge in [0.25, 0.3) is 0 Å². The van der Waals surface area contributed by atoms with Gasteiger partial charge in [-0.3, -0.25) is 14.6 Å². The Hall–Kier alpha value is -3.83. The molecule has 1 aromatic carbocycles. The van der Waals surface area contributed by atoms with E-state index < -0.39 is 23.5 Å². The van der Waals surface area contributed by atoms with Crippen molar-refractivity contribution in [3.63, 3.8) is 0 Å². The summed E-state index contributed by atoms with van der Waals surface area (Å²) < 4.78 is 23.7. The zero-order valence-corrected chi connectivity index (χ0v) is 20.3. The monoisotopic (exact) mass is 508 g/mol. The number of thiophene rings is 1. The van der Waals surface area contributed by atoms with Crippen molar-refractivity contribution in [2.45, 2.75) is 24.8 Å². The number of carbonyl (C=O) groups excluding carboxylic acids is 2. The standard InChI is InChI=1S/C25H25FN6O3S/c1-32-11-10-30-24(32)20-13-17-22(36-20)19(6-9-29-17)35-18-3-2-14(12-16(18)26)21(23(27)33)25(34)31-15-4-7-28-8-5-15/h2-3,6,9-13,15,21,28H,4-5,7-8H2,1H3,(H2,27,33)(H,31,34). The van der Waals surface area contributed by atoms with Gasteiger partial charge in [0, 0.05) is 37.7 Å². The maximum atomic E-state index is 15.1. The summed E-state index contributed by atoms with van der Waals surface area (Å²) in [6.45, 7) is 1.56. The quantitative estimate of drug-likeness (QED) is 0.330. The Morgan fingerprint density at radius 1 is 1.19 bits per heavy atom. The number of aryl methyl sites for hydroxylation is 1. The van der Waals surface area contributed by atoms with E-state index in [2.05, 4.69) is 20.6 Å². The molecule has 11 heteroatoms. The van der Waals surface area contributed by atoms with E-state index in [4.69, 9.17) is 10.5 Å². The Kier molecular flexibility index (Phi) is 6.66. The molecule has 186 valence electrons. The van der Waals surface area contributed by atoms with Crippen molar-refractivity contribution in [3.8, 4) is 22.2 Å². The molecule has 1 atom stereocenters. The van der Waals surface area contributed by atoms with Crippen LogP contribution in [0.2, 0.25) is 0 Å². The van der Waals surface area contributed by atoms with Gasteiger partial charge in [0.2, 0.25) is 11.8 Å². The van der Waals surface area contributed by atoms with Crippen LogP contribution in [0.1, 0.15) is 24.3 Å². The van der Waals surface area contributed by atoms with Gasteiger partial charge in [0.15, 0.2) is 11.6 Å². The second-order valence-corrected chi connectivity index (χ2v) is 9.71. The molecule has 0 bridgehead atoms. The maximum absolute atomic E-state index is 15.1. The van der Waals surface area contributed by atoms with Crippen molar-refractivity contribution in [2.24, 2.45) is 12.8 Å². The van der Waals surface area contributed by atoms with E-state index in [-0.39, 0.29) is 17.4 Å². The van der Waals surface area contributed by atoms with Crippen molar-refractivity contribution in [2.75, 3.05) is 13.1 Å². The van der Waals surface area contributed by atoms with Crippen molar-refractivity contribution in [1.29, 1.82) is 0 Å². The Bertz CT molecular complexity index is 1430. The van der Waals surface area contributed by atoms with E-state index in [9.17, 15) is 9.59 Å². The number of aromatic nitrogens is 3. The van der Waals surface area contributed by atoms with Gasteiger partial charge in [0.05, 0.1) is 15.1 Å². The molecule has 0 saturated carbocycles. The number of pyridine rings is 1. The number of carbonyl (C=O) groups is 2. The Morgan fingerprint density at radius 3 is 2.69 bits per heavy atom. The number of hydrogen-bond acceptors (Lipinski definition) is 7. The van der Waals surface area contributed by atoms with Gasteiger partial charge < -0.3 is 25.7 Å². The van der Waals surface area contributed by atoms with Crippen molar-refractivity contribution < 1.29 is 18.7 Å². The van der Waals surface area contributed by atoms with Crippen molar-refractivity contribution in [3.05, 3.63) is 60.3 Å². The fourth-order valence-corrected chi connectivity index (χ4v) is 5.41. The van der Waals surface area contributed by atoms with E-state index in [1.165, 1.54) is 23.5 Å². The number of amides is 2. The number of primary amides is 1. The highest BCUT2D eigenvalue weighted by Gasteiger charge is 2.29. The van der Waals surface area contributed by atoms with E-state index >= 15 is 4.39 Å². The summed E-state index contributed by atoms with van der Waals surface area (Å²) in [7, 11) is 1.90. The molecule has 0 spiro atoms. The van der Waals surface area contributed by atoms with Crippen molar-refractivity contribution in [1.82, 2.24) is 25.2 Å². The lowest BCUT2D eigenvalue weighted by molar-refractivity contribution is -0.130. The van der Waals surface area contributed by atoms with Gasteiger partial charge in [0.1, 0.15) is 17.5 Å². The van der Waals surface area contributed by atoms with E-state index in [1.54, 1.807) is 18.5 Å². The van der Waals surface area contributed by atoms with Gasteiger partial charge in [-0.15, -0.1) is 11.3 Å². The zero-order chi connectivity index (χ0) is 25.2. The molecule has 4 aromatic rings. The number of nitrogens with zero attached hydrogens (tertiary/aromatic N) is 3. The highest BCUT2D eigenvalue weighted by Crippen LogP contribution is 2.39. The predicted octanol–water partition coefficient (Wildman–Crippen LogP) is 3.07. The molecular formula is C25H25FN6O3S. The summed E-state index contributed by atoms with van der Waals surface area (Å²) in [6.07, 6.45) is 6.67. The van der Waals surface area contributed by atoms with Crippen LogP contribution in [-0.2, 0) is 16.6 Å². The molecule has 2 amide bonds. The third kappa shape index (κ3) is 4.79. The van der Waals surface area contributed by atoms with Crippen LogP contribution in [-0.4, -0.2) is 45.5 Å². The molecular weight excluding hydrogens is 483 g/mol. The lowest BCUT2D eigenvalue weighted by atomic mass is 9.96. The second kappa shape index (κ2) is 10.0. The molecule has 0 aliphatic carbocycles. The first-order chi connectivity index (χ1) is 17.4. The summed E-state index contributed by atoms with van der Waals surface area (Å²) in [5.41, 5.74) is 6.40. The highest BCUT2D eigenvalue weighted by molar-refractivity contribution is 7.22. The molecule has 1 aliphatic heterocycles. The lowest BCUT2D eigenvalue weighted by Gasteiger charge is -2.25. The average molecular weight is 509 g/mol. The van der Waals surface area contributed by atoms with E-state index in [0.717, 1.165) is 47.4 Å². The molecule has 1 saturated heterocycles. The lowest BCUT2D eigenvalue weighted by Crippen LogP contribution is -2.46. The average Bonchev–Trinajstić information content (AvgIpc) is 3.47. The minimum absolute atomic E-state index is 0.0415. The fourth-order valence-electron chi connectivity index (χ4n) is 4.30. The Labute approximate surface area is 210 Å².